The van der Waals surface area contributed by atoms with Gasteiger partial charge in [0, 0.05) is 18.3 Å². The maximum absolute atomic E-state index is 3.46. The summed E-state index contributed by atoms with van der Waals surface area (Å²) in [5.41, 5.74) is 4.99. The summed E-state index contributed by atoms with van der Waals surface area (Å²) in [5, 5.41) is 2.35. The normalized spacial score (nSPS) is 30.6. The highest BCUT2D eigenvalue weighted by Gasteiger charge is 2.19. The van der Waals surface area contributed by atoms with Crippen LogP contribution < -0.4 is 5.43 Å². The lowest BCUT2D eigenvalue weighted by molar-refractivity contribution is 0.236. The molecule has 2 aliphatic heterocycles. The zero-order valence-corrected chi connectivity index (χ0v) is 7.84. The number of hydrazine groups is 1. The van der Waals surface area contributed by atoms with Crippen molar-refractivity contribution in [2.45, 2.75) is 45.1 Å². The van der Waals surface area contributed by atoms with E-state index in [-0.39, 0.29) is 0 Å². The second-order valence-corrected chi connectivity index (χ2v) is 3.89. The van der Waals surface area contributed by atoms with E-state index in [1.807, 2.05) is 0 Å². The topological polar surface area (TPSA) is 15.3 Å². The predicted octanol–water partition coefficient (Wildman–Crippen LogP) is 2.04. The number of allylic oxidation sites excluding steroid dienone is 1. The van der Waals surface area contributed by atoms with Crippen LogP contribution in [0, 0.1) is 0 Å². The van der Waals surface area contributed by atoms with Gasteiger partial charge < -0.3 is 5.01 Å². The highest BCUT2D eigenvalue weighted by atomic mass is 15.5. The molecular formula is C10H18N2. The number of nitrogens with one attached hydrogen (secondary N) is 1. The quantitative estimate of drug-likeness (QED) is 0.592. The molecule has 0 bridgehead atoms. The Hall–Kier alpha value is -0.500. The van der Waals surface area contributed by atoms with E-state index in [1.54, 1.807) is 0 Å². The molecule has 0 aromatic rings. The van der Waals surface area contributed by atoms with Crippen molar-refractivity contribution in [3.63, 3.8) is 0 Å². The molecule has 0 aromatic carbocycles. The highest BCUT2D eigenvalue weighted by Crippen LogP contribution is 2.22. The Bertz CT molecular complexity index is 186. The molecule has 2 heterocycles. The van der Waals surface area contributed by atoms with Crippen molar-refractivity contribution >= 4 is 0 Å². The Labute approximate surface area is 74.6 Å². The molecule has 1 unspecified atom stereocenters. The third kappa shape index (κ3) is 1.63. The molecule has 1 N–H and O–H groups in total. The molecule has 12 heavy (non-hydrogen) atoms. The van der Waals surface area contributed by atoms with Gasteiger partial charge >= 0.3 is 0 Å². The Morgan fingerprint density at radius 1 is 1.33 bits per heavy atom. The summed E-state index contributed by atoms with van der Waals surface area (Å²) in [5.74, 6) is 0. The van der Waals surface area contributed by atoms with Crippen LogP contribution >= 0.6 is 0 Å². The van der Waals surface area contributed by atoms with Gasteiger partial charge in [0.1, 0.15) is 0 Å². The van der Waals surface area contributed by atoms with Crippen LogP contribution in [0.2, 0.25) is 0 Å². The van der Waals surface area contributed by atoms with Crippen molar-refractivity contribution in [1.82, 2.24) is 10.4 Å². The van der Waals surface area contributed by atoms with Crippen LogP contribution in [-0.4, -0.2) is 17.6 Å². The molecule has 0 amide bonds. The smallest absolute Gasteiger partial charge is 0.0434 e. The van der Waals surface area contributed by atoms with E-state index in [0.717, 1.165) is 0 Å². The van der Waals surface area contributed by atoms with Gasteiger partial charge in [-0.05, 0) is 32.3 Å². The van der Waals surface area contributed by atoms with Crippen molar-refractivity contribution in [3.8, 4) is 0 Å². The van der Waals surface area contributed by atoms with E-state index in [0.29, 0.717) is 6.04 Å². The first-order valence-electron chi connectivity index (χ1n) is 5.11. The Morgan fingerprint density at radius 2 is 2.17 bits per heavy atom. The van der Waals surface area contributed by atoms with Gasteiger partial charge in [-0.3, -0.25) is 0 Å². The summed E-state index contributed by atoms with van der Waals surface area (Å²) < 4.78 is 0. The number of hydrogen-bond donors (Lipinski definition) is 1. The number of hydrogen-bond acceptors (Lipinski definition) is 2. The van der Waals surface area contributed by atoms with Crippen molar-refractivity contribution in [1.29, 1.82) is 0 Å². The highest BCUT2D eigenvalue weighted by molar-refractivity contribution is 5.10. The van der Waals surface area contributed by atoms with E-state index in [1.165, 1.54) is 44.3 Å². The van der Waals surface area contributed by atoms with Gasteiger partial charge in [-0.1, -0.05) is 12.8 Å². The van der Waals surface area contributed by atoms with Crippen molar-refractivity contribution in [3.05, 3.63) is 11.8 Å². The van der Waals surface area contributed by atoms with Gasteiger partial charge in [0.25, 0.3) is 0 Å². The SMILES string of the molecule is CC1C=C2CCCCCCN2N1. The first kappa shape index (κ1) is 8.11. The average Bonchev–Trinajstić information content (AvgIpc) is 2.32. The maximum atomic E-state index is 3.46. The Morgan fingerprint density at radius 3 is 3.08 bits per heavy atom. The molecule has 0 radical (unpaired) electrons. The van der Waals surface area contributed by atoms with Gasteiger partial charge in [-0.15, -0.1) is 0 Å². The molecule has 68 valence electrons. The van der Waals surface area contributed by atoms with Crippen LogP contribution in [0.5, 0.6) is 0 Å². The van der Waals surface area contributed by atoms with Gasteiger partial charge in [0.05, 0.1) is 0 Å². The number of rotatable bonds is 0. The summed E-state index contributed by atoms with van der Waals surface area (Å²) in [6.07, 6.45) is 9.18. The van der Waals surface area contributed by atoms with E-state index in [4.69, 9.17) is 0 Å². The molecule has 2 aliphatic rings. The summed E-state index contributed by atoms with van der Waals surface area (Å²) in [7, 11) is 0. The van der Waals surface area contributed by atoms with Gasteiger partial charge in [-0.25, -0.2) is 5.43 Å². The fraction of sp³-hybridized carbons (Fsp3) is 0.800. The minimum atomic E-state index is 0.554. The zero-order chi connectivity index (χ0) is 8.39. The van der Waals surface area contributed by atoms with Crippen LogP contribution in [0.15, 0.2) is 11.8 Å². The fourth-order valence-electron chi connectivity index (χ4n) is 2.10. The van der Waals surface area contributed by atoms with Crippen LogP contribution in [0.1, 0.15) is 39.0 Å². The van der Waals surface area contributed by atoms with Crippen LogP contribution in [0.3, 0.4) is 0 Å². The summed E-state index contributed by atoms with van der Waals surface area (Å²) >= 11 is 0. The van der Waals surface area contributed by atoms with Crippen molar-refractivity contribution in [2.24, 2.45) is 0 Å². The summed E-state index contributed by atoms with van der Waals surface area (Å²) in [4.78, 5) is 0. The van der Waals surface area contributed by atoms with Gasteiger partial charge in [-0.2, -0.15) is 0 Å². The molecular weight excluding hydrogens is 148 g/mol. The molecule has 0 aliphatic carbocycles. The second-order valence-electron chi connectivity index (χ2n) is 3.89. The van der Waals surface area contributed by atoms with E-state index >= 15 is 0 Å². The van der Waals surface area contributed by atoms with E-state index in [9.17, 15) is 0 Å². The van der Waals surface area contributed by atoms with E-state index < -0.39 is 0 Å². The molecule has 1 atom stereocenters. The maximum Gasteiger partial charge on any atom is 0.0434 e. The fourth-order valence-corrected chi connectivity index (χ4v) is 2.10. The monoisotopic (exact) mass is 166 g/mol. The van der Waals surface area contributed by atoms with Gasteiger partial charge in [0.2, 0.25) is 0 Å². The van der Waals surface area contributed by atoms with E-state index in [2.05, 4.69) is 23.4 Å². The van der Waals surface area contributed by atoms with Crippen LogP contribution in [-0.2, 0) is 0 Å². The third-order valence-electron chi connectivity index (χ3n) is 2.71. The molecule has 2 rings (SSSR count). The Kier molecular flexibility index (Phi) is 2.35. The molecule has 2 nitrogen and oxygen atoms in total. The first-order chi connectivity index (χ1) is 5.86. The van der Waals surface area contributed by atoms with Crippen molar-refractivity contribution < 1.29 is 0 Å². The lowest BCUT2D eigenvalue weighted by Crippen LogP contribution is -2.36. The molecule has 2 heteroatoms. The number of fused-ring (bicyclic) bond motifs is 1. The molecule has 1 fully saturated rings. The average molecular weight is 166 g/mol. The lowest BCUT2D eigenvalue weighted by Gasteiger charge is -2.25. The minimum Gasteiger partial charge on any atom is -0.312 e. The standard InChI is InChI=1S/C10H18N2/c1-9-8-10-6-4-2-3-5-7-12(10)11-9/h8-9,11H,2-7H2,1H3. The first-order valence-corrected chi connectivity index (χ1v) is 5.11. The largest absolute Gasteiger partial charge is 0.312 e. The van der Waals surface area contributed by atoms with Crippen LogP contribution in [0.4, 0.5) is 0 Å². The summed E-state index contributed by atoms with van der Waals surface area (Å²) in [6.45, 7) is 3.42. The molecule has 0 aromatic heterocycles. The van der Waals surface area contributed by atoms with Crippen LogP contribution in [0.25, 0.3) is 0 Å². The lowest BCUT2D eigenvalue weighted by atomic mass is 10.1. The van der Waals surface area contributed by atoms with Gasteiger partial charge in [0.15, 0.2) is 0 Å². The molecule has 1 saturated heterocycles. The molecule has 0 spiro atoms. The zero-order valence-electron chi connectivity index (χ0n) is 7.84. The summed E-state index contributed by atoms with van der Waals surface area (Å²) in [6, 6.07) is 0.554. The minimum absolute atomic E-state index is 0.554. The second kappa shape index (κ2) is 3.48. The molecule has 0 saturated carbocycles. The number of nitrogens with zero attached hydrogens (tertiary/aromatic N) is 1. The van der Waals surface area contributed by atoms with Crippen molar-refractivity contribution in [2.75, 3.05) is 6.54 Å². The third-order valence-corrected chi connectivity index (χ3v) is 2.71. The predicted molar refractivity (Wildman–Crippen MR) is 50.5 cm³/mol. The Balaban J connectivity index is 2.01.